The van der Waals surface area contributed by atoms with Crippen LogP contribution in [0.25, 0.3) is 0 Å². The van der Waals surface area contributed by atoms with E-state index in [-0.39, 0.29) is 6.42 Å². The molecular weight excluding hydrogens is 218 g/mol. The van der Waals surface area contributed by atoms with Gasteiger partial charge in [0.2, 0.25) is 0 Å². The van der Waals surface area contributed by atoms with Crippen LogP contribution in [0.5, 0.6) is 0 Å². The van der Waals surface area contributed by atoms with E-state index in [4.69, 9.17) is 9.84 Å². The van der Waals surface area contributed by atoms with Gasteiger partial charge in [0.15, 0.2) is 0 Å². The van der Waals surface area contributed by atoms with Crippen molar-refractivity contribution in [3.05, 3.63) is 21.0 Å². The molecule has 8 heteroatoms. The van der Waals surface area contributed by atoms with Gasteiger partial charge in [-0.15, -0.1) is 0 Å². The van der Waals surface area contributed by atoms with Crippen molar-refractivity contribution >= 4 is 5.97 Å². The smallest absolute Gasteiger partial charge is 0.345 e. The Morgan fingerprint density at radius 2 is 2.00 bits per heavy atom. The van der Waals surface area contributed by atoms with Gasteiger partial charge in [-0.2, -0.15) is 0 Å². The first-order chi connectivity index (χ1) is 7.57. The van der Waals surface area contributed by atoms with Gasteiger partial charge in [-0.3, -0.25) is 0 Å². The molecule has 0 saturated carbocycles. The van der Waals surface area contributed by atoms with Crippen molar-refractivity contribution in [2.45, 2.75) is 18.9 Å². The minimum atomic E-state index is -1.22. The maximum absolute atomic E-state index is 11.2. The molecule has 1 atom stereocenters. The largest absolute Gasteiger partial charge is 0.480 e. The van der Waals surface area contributed by atoms with Crippen molar-refractivity contribution in [1.29, 1.82) is 0 Å². The highest BCUT2D eigenvalue weighted by Gasteiger charge is 2.23. The summed E-state index contributed by atoms with van der Waals surface area (Å²) in [7, 11) is 1.49. The highest BCUT2D eigenvalue weighted by atomic mass is 16.5. The number of hydrogen-bond acceptors (Lipinski definition) is 4. The lowest BCUT2D eigenvalue weighted by molar-refractivity contribution is -0.141. The molecule has 1 unspecified atom stereocenters. The average molecular weight is 231 g/mol. The van der Waals surface area contributed by atoms with Crippen molar-refractivity contribution in [3.8, 4) is 0 Å². The highest BCUT2D eigenvalue weighted by molar-refractivity contribution is 5.71. The number of carboxylic acids is 1. The molecule has 0 spiro atoms. The Morgan fingerprint density at radius 1 is 1.44 bits per heavy atom. The van der Waals surface area contributed by atoms with Crippen LogP contribution in [0.3, 0.4) is 0 Å². The molecule has 0 aromatic carbocycles. The summed E-state index contributed by atoms with van der Waals surface area (Å²) in [4.78, 5) is 33.3. The van der Waals surface area contributed by atoms with Crippen LogP contribution < -0.4 is 11.4 Å². The van der Waals surface area contributed by atoms with E-state index in [1.807, 2.05) is 10.2 Å². The number of hydrogen-bond donors (Lipinski definition) is 3. The molecule has 1 aromatic heterocycles. The van der Waals surface area contributed by atoms with E-state index < -0.39 is 23.4 Å². The van der Waals surface area contributed by atoms with E-state index in [1.165, 1.54) is 7.11 Å². The summed E-state index contributed by atoms with van der Waals surface area (Å²) in [6.07, 6.45) is 0.606. The standard InChI is InChI=1S/C8H13N3O5/c1-16-4-2-3-5(6(12)13)11-7(14)9-10-8(11)15/h5H,2-4H2,1H3,(H,9,14)(H,10,15)(H,12,13). The summed E-state index contributed by atoms with van der Waals surface area (Å²) in [6, 6.07) is -1.17. The van der Waals surface area contributed by atoms with Crippen LogP contribution in [-0.4, -0.2) is 39.6 Å². The number of H-pyrrole nitrogens is 2. The molecule has 1 heterocycles. The number of aromatic amines is 2. The number of aromatic nitrogens is 3. The Hall–Kier alpha value is -1.83. The number of methoxy groups -OCH3 is 1. The zero-order valence-electron chi connectivity index (χ0n) is 8.73. The van der Waals surface area contributed by atoms with E-state index in [2.05, 4.69) is 0 Å². The van der Waals surface area contributed by atoms with Gasteiger partial charge in [0.1, 0.15) is 6.04 Å². The van der Waals surface area contributed by atoms with Crippen LogP contribution in [0.2, 0.25) is 0 Å². The fraction of sp³-hybridized carbons (Fsp3) is 0.625. The van der Waals surface area contributed by atoms with E-state index in [0.717, 1.165) is 0 Å². The van der Waals surface area contributed by atoms with Crippen LogP contribution in [0.4, 0.5) is 0 Å². The third-order valence-corrected chi connectivity index (χ3v) is 2.14. The molecule has 3 N–H and O–H groups in total. The second kappa shape index (κ2) is 5.31. The second-order valence-corrected chi connectivity index (χ2v) is 3.22. The van der Waals surface area contributed by atoms with Gasteiger partial charge >= 0.3 is 17.3 Å². The molecule has 90 valence electrons. The summed E-state index contributed by atoms with van der Waals surface area (Å²) < 4.78 is 5.43. The number of ether oxygens (including phenoxy) is 1. The Bertz CT molecular complexity index is 429. The lowest BCUT2D eigenvalue weighted by Crippen LogP contribution is -2.35. The predicted molar refractivity (Wildman–Crippen MR) is 53.5 cm³/mol. The summed E-state index contributed by atoms with van der Waals surface area (Å²) in [5.41, 5.74) is -1.51. The van der Waals surface area contributed by atoms with E-state index in [9.17, 15) is 14.4 Å². The fourth-order valence-electron chi connectivity index (χ4n) is 1.39. The van der Waals surface area contributed by atoms with Crippen LogP contribution in [0.15, 0.2) is 9.59 Å². The monoisotopic (exact) mass is 231 g/mol. The number of carboxylic acid groups (broad SMARTS) is 1. The zero-order valence-corrected chi connectivity index (χ0v) is 8.73. The molecule has 1 rings (SSSR count). The predicted octanol–water partition coefficient (Wildman–Crippen LogP) is -1.08. The first-order valence-electron chi connectivity index (χ1n) is 4.69. The van der Waals surface area contributed by atoms with E-state index in [1.54, 1.807) is 0 Å². The number of nitrogens with zero attached hydrogens (tertiary/aromatic N) is 1. The maximum Gasteiger partial charge on any atom is 0.345 e. The van der Waals surface area contributed by atoms with E-state index >= 15 is 0 Å². The Kier molecular flexibility index (Phi) is 4.06. The minimum absolute atomic E-state index is 0.157. The van der Waals surface area contributed by atoms with Gasteiger partial charge in [-0.1, -0.05) is 0 Å². The SMILES string of the molecule is COCCCC(C(=O)O)n1c(=O)[nH][nH]c1=O. The van der Waals surface area contributed by atoms with Crippen molar-refractivity contribution in [2.24, 2.45) is 0 Å². The van der Waals surface area contributed by atoms with Gasteiger partial charge in [0.05, 0.1) is 0 Å². The molecule has 8 nitrogen and oxygen atoms in total. The summed E-state index contributed by atoms with van der Waals surface area (Å²) >= 11 is 0. The number of rotatable bonds is 6. The molecule has 0 amide bonds. The number of carbonyl (C=O) groups is 1. The van der Waals surface area contributed by atoms with Gasteiger partial charge in [-0.05, 0) is 12.8 Å². The number of nitrogens with one attached hydrogen (secondary N) is 2. The summed E-state index contributed by atoms with van der Waals surface area (Å²) in [6.45, 7) is 0.376. The van der Waals surface area contributed by atoms with Gasteiger partial charge in [0, 0.05) is 13.7 Å². The highest BCUT2D eigenvalue weighted by Crippen LogP contribution is 2.09. The summed E-state index contributed by atoms with van der Waals surface area (Å²) in [5, 5.41) is 13.0. The van der Waals surface area contributed by atoms with Gasteiger partial charge in [-0.25, -0.2) is 29.1 Å². The lowest BCUT2D eigenvalue weighted by atomic mass is 10.1. The van der Waals surface area contributed by atoms with Crippen molar-refractivity contribution in [1.82, 2.24) is 14.8 Å². The molecule has 0 bridgehead atoms. The number of aliphatic carboxylic acids is 1. The second-order valence-electron chi connectivity index (χ2n) is 3.22. The van der Waals surface area contributed by atoms with Gasteiger partial charge in [0.25, 0.3) is 0 Å². The molecule has 0 fully saturated rings. The van der Waals surface area contributed by atoms with E-state index in [0.29, 0.717) is 17.6 Å². The van der Waals surface area contributed by atoms with Crippen LogP contribution in [-0.2, 0) is 9.53 Å². The molecule has 0 aliphatic carbocycles. The Labute approximate surface area is 89.8 Å². The zero-order chi connectivity index (χ0) is 12.1. The molecule has 0 radical (unpaired) electrons. The Balaban J connectivity index is 2.90. The quantitative estimate of drug-likeness (QED) is 0.538. The van der Waals surface area contributed by atoms with Crippen LogP contribution in [0, 0.1) is 0 Å². The first kappa shape index (κ1) is 12.2. The van der Waals surface area contributed by atoms with Crippen LogP contribution in [0.1, 0.15) is 18.9 Å². The third kappa shape index (κ3) is 2.60. The molecule has 0 aliphatic rings. The lowest BCUT2D eigenvalue weighted by Gasteiger charge is -2.10. The average Bonchev–Trinajstić information content (AvgIpc) is 2.54. The fourth-order valence-corrected chi connectivity index (χ4v) is 1.39. The first-order valence-corrected chi connectivity index (χ1v) is 4.69. The van der Waals surface area contributed by atoms with Crippen molar-refractivity contribution in [2.75, 3.05) is 13.7 Å². The molecular formula is C8H13N3O5. The van der Waals surface area contributed by atoms with Crippen molar-refractivity contribution in [3.63, 3.8) is 0 Å². The third-order valence-electron chi connectivity index (χ3n) is 2.14. The maximum atomic E-state index is 11.2. The normalized spacial score (nSPS) is 12.6. The molecule has 0 aliphatic heterocycles. The topological polar surface area (TPSA) is 117 Å². The molecule has 16 heavy (non-hydrogen) atoms. The summed E-state index contributed by atoms with van der Waals surface area (Å²) in [5.74, 6) is -1.22. The van der Waals surface area contributed by atoms with Gasteiger partial charge < -0.3 is 9.84 Å². The minimum Gasteiger partial charge on any atom is -0.480 e. The Morgan fingerprint density at radius 3 is 2.44 bits per heavy atom. The molecule has 1 aromatic rings. The van der Waals surface area contributed by atoms with Crippen molar-refractivity contribution < 1.29 is 14.6 Å². The molecule has 0 saturated heterocycles. The van der Waals surface area contributed by atoms with Crippen LogP contribution >= 0.6 is 0 Å².